The van der Waals surface area contributed by atoms with Crippen LogP contribution in [0, 0.1) is 20.2 Å². The minimum absolute atomic E-state index is 0.0492. The predicted octanol–water partition coefficient (Wildman–Crippen LogP) is 1.60. The van der Waals surface area contributed by atoms with Gasteiger partial charge in [-0.2, -0.15) is 0 Å². The number of halogens is 2. The molecule has 20 nitrogen and oxygen atoms in total. The molecule has 22 heteroatoms. The molecule has 0 bridgehead atoms. The lowest BCUT2D eigenvalue weighted by atomic mass is 10.3. The maximum atomic E-state index is 11.7. The van der Waals surface area contributed by atoms with Gasteiger partial charge in [0.05, 0.1) is 43.9 Å². The Kier molecular flexibility index (Phi) is 11.7. The fourth-order valence-electron chi connectivity index (χ4n) is 4.23. The monoisotopic (exact) mass is 732 g/mol. The minimum atomic E-state index is -0.521. The molecule has 2 aromatic carbocycles. The molecule has 0 unspecified atom stereocenters. The molecule has 6 aromatic rings. The van der Waals surface area contributed by atoms with Crippen molar-refractivity contribution in [2.45, 2.75) is 0 Å². The van der Waals surface area contributed by atoms with Crippen molar-refractivity contribution in [3.8, 4) is 0 Å². The molecule has 0 aliphatic heterocycles. The summed E-state index contributed by atoms with van der Waals surface area (Å²) in [5, 5.41) is 21.0. The standard InChI is InChI=1S/2C8H10N4O2.2C6H5ClN2O2/c2*1-10-4-9-6-5(10)7(13)12(3)8(14)11(6)2;2*7-5-2-1-4(9(10)11)3-6(5)8/h2*4H,1-3H3;2*1-3H,8H2. The molecule has 0 saturated carbocycles. The quantitative estimate of drug-likeness (QED) is 0.146. The predicted molar refractivity (Wildman–Crippen MR) is 187 cm³/mol. The van der Waals surface area contributed by atoms with Gasteiger partial charge in [-0.15, -0.1) is 0 Å². The van der Waals surface area contributed by atoms with Crippen LogP contribution in [0.2, 0.25) is 10.0 Å². The third kappa shape index (κ3) is 7.88. The molecular weight excluding hydrogens is 703 g/mol. The van der Waals surface area contributed by atoms with Gasteiger partial charge in [-0.1, -0.05) is 23.2 Å². The average Bonchev–Trinajstić information content (AvgIpc) is 3.66. The number of nitrogens with two attached hydrogens (primary N) is 2. The Morgan fingerprint density at radius 2 is 0.920 bits per heavy atom. The molecule has 0 amide bonds. The van der Waals surface area contributed by atoms with Gasteiger partial charge in [0.1, 0.15) is 0 Å². The van der Waals surface area contributed by atoms with Crippen molar-refractivity contribution in [3.05, 3.63) is 121 Å². The van der Waals surface area contributed by atoms with Gasteiger partial charge in [-0.3, -0.25) is 48.1 Å². The number of benzene rings is 2. The zero-order valence-electron chi connectivity index (χ0n) is 27.3. The van der Waals surface area contributed by atoms with E-state index in [2.05, 4.69) is 9.97 Å². The number of fused-ring (bicyclic) bond motifs is 2. The zero-order valence-corrected chi connectivity index (χ0v) is 28.8. The Morgan fingerprint density at radius 3 is 1.20 bits per heavy atom. The molecule has 0 atom stereocenters. The highest BCUT2D eigenvalue weighted by Gasteiger charge is 2.13. The fourth-order valence-corrected chi connectivity index (χ4v) is 4.47. The Morgan fingerprint density at radius 1 is 0.600 bits per heavy atom. The molecule has 0 spiro atoms. The highest BCUT2D eigenvalue weighted by molar-refractivity contribution is 6.33. The van der Waals surface area contributed by atoms with Gasteiger partial charge in [0.2, 0.25) is 0 Å². The summed E-state index contributed by atoms with van der Waals surface area (Å²) in [6.07, 6.45) is 3.04. The van der Waals surface area contributed by atoms with Gasteiger partial charge >= 0.3 is 11.4 Å². The van der Waals surface area contributed by atoms with E-state index in [1.165, 1.54) is 72.3 Å². The van der Waals surface area contributed by atoms with Crippen LogP contribution < -0.4 is 34.0 Å². The largest absolute Gasteiger partial charge is 0.397 e. The topological polar surface area (TPSA) is 262 Å². The van der Waals surface area contributed by atoms with E-state index in [0.717, 1.165) is 9.13 Å². The van der Waals surface area contributed by atoms with E-state index in [0.29, 0.717) is 32.4 Å². The smallest absolute Gasteiger partial charge is 0.332 e. The van der Waals surface area contributed by atoms with Gasteiger partial charge in [0.25, 0.3) is 22.5 Å². The van der Waals surface area contributed by atoms with Gasteiger partial charge in [0.15, 0.2) is 22.3 Å². The summed E-state index contributed by atoms with van der Waals surface area (Å²) in [4.78, 5) is 73.6. The summed E-state index contributed by atoms with van der Waals surface area (Å²) in [7, 11) is 9.55. The number of aryl methyl sites for hydroxylation is 4. The van der Waals surface area contributed by atoms with Crippen molar-refractivity contribution >= 4 is 68.3 Å². The number of non-ortho nitro benzene ring substituents is 2. The molecule has 0 saturated heterocycles. The lowest BCUT2D eigenvalue weighted by Crippen LogP contribution is -2.37. The molecule has 6 rings (SSSR count). The van der Waals surface area contributed by atoms with Gasteiger partial charge in [-0.25, -0.2) is 19.6 Å². The van der Waals surface area contributed by atoms with Crippen LogP contribution >= 0.6 is 23.2 Å². The van der Waals surface area contributed by atoms with E-state index in [1.54, 1.807) is 37.3 Å². The Labute approximate surface area is 289 Å². The highest BCUT2D eigenvalue weighted by atomic mass is 35.5. The lowest BCUT2D eigenvalue weighted by molar-refractivity contribution is -0.385. The fraction of sp³-hybridized carbons (Fsp3) is 0.214. The number of imidazole rings is 2. The normalized spacial score (nSPS) is 10.4. The number of aromatic nitrogens is 8. The SMILES string of the molecule is Cn1c(=O)c2c(ncn2C)n(C)c1=O.Cn1c(=O)c2c(ncn2C)n(C)c1=O.Nc1cc([N+](=O)[O-])ccc1Cl.Nc1cc([N+](=O)[O-])ccc1Cl. The highest BCUT2D eigenvalue weighted by Crippen LogP contribution is 2.24. The van der Waals surface area contributed by atoms with Crippen LogP contribution in [-0.2, 0) is 42.3 Å². The molecule has 0 radical (unpaired) electrons. The van der Waals surface area contributed by atoms with Gasteiger partial charge in [-0.05, 0) is 12.1 Å². The Bertz CT molecular complexity index is 2340. The molecule has 4 N–H and O–H groups in total. The summed E-state index contributed by atoms with van der Waals surface area (Å²) in [6.45, 7) is 0. The van der Waals surface area contributed by atoms with Gasteiger partial charge < -0.3 is 20.6 Å². The van der Waals surface area contributed by atoms with E-state index in [1.807, 2.05) is 0 Å². The number of nitro benzene ring substituents is 2. The summed E-state index contributed by atoms with van der Waals surface area (Å²) < 4.78 is 8.08. The van der Waals surface area contributed by atoms with E-state index in [9.17, 15) is 39.4 Å². The zero-order chi connectivity index (χ0) is 37.8. The maximum absolute atomic E-state index is 11.7. The van der Waals surface area contributed by atoms with Crippen LogP contribution in [0.5, 0.6) is 0 Å². The number of hydrogen-bond acceptors (Lipinski definition) is 12. The average molecular weight is 734 g/mol. The van der Waals surface area contributed by atoms with Crippen molar-refractivity contribution in [1.82, 2.24) is 37.4 Å². The van der Waals surface area contributed by atoms with Crippen molar-refractivity contribution in [1.29, 1.82) is 0 Å². The first-order valence-electron chi connectivity index (χ1n) is 13.8. The number of anilines is 2. The molecule has 0 fully saturated rings. The molecule has 264 valence electrons. The van der Waals surface area contributed by atoms with Crippen LogP contribution in [0.25, 0.3) is 22.3 Å². The second kappa shape index (κ2) is 15.3. The Balaban J connectivity index is 0.000000182. The number of nitrogens with zero attached hydrogens (tertiary/aromatic N) is 10. The van der Waals surface area contributed by atoms with E-state index in [4.69, 9.17) is 34.7 Å². The van der Waals surface area contributed by atoms with Crippen LogP contribution in [0.4, 0.5) is 22.7 Å². The summed E-state index contributed by atoms with van der Waals surface area (Å²) in [5.74, 6) is 0. The summed E-state index contributed by atoms with van der Waals surface area (Å²) in [5.41, 5.74) is 11.4. The van der Waals surface area contributed by atoms with Crippen molar-refractivity contribution in [3.63, 3.8) is 0 Å². The lowest BCUT2D eigenvalue weighted by Gasteiger charge is -2.02. The first-order valence-corrected chi connectivity index (χ1v) is 14.6. The Hall–Kier alpha value is -6.28. The van der Waals surface area contributed by atoms with Gasteiger partial charge in [0, 0.05) is 66.6 Å². The number of rotatable bonds is 2. The number of hydrogen-bond donors (Lipinski definition) is 2. The van der Waals surface area contributed by atoms with Crippen LogP contribution in [0.1, 0.15) is 0 Å². The van der Waals surface area contributed by atoms with E-state index < -0.39 is 9.85 Å². The van der Waals surface area contributed by atoms with Crippen LogP contribution in [0.15, 0.2) is 68.2 Å². The summed E-state index contributed by atoms with van der Waals surface area (Å²) >= 11 is 11.1. The molecule has 4 heterocycles. The van der Waals surface area contributed by atoms with Crippen LogP contribution in [0.3, 0.4) is 0 Å². The maximum Gasteiger partial charge on any atom is 0.332 e. The first kappa shape index (κ1) is 38.2. The number of nitro groups is 2. The molecular formula is C28H30Cl2N12O8. The second-order valence-electron chi connectivity index (χ2n) is 10.4. The van der Waals surface area contributed by atoms with E-state index >= 15 is 0 Å². The first-order chi connectivity index (χ1) is 23.3. The minimum Gasteiger partial charge on any atom is -0.397 e. The third-order valence-electron chi connectivity index (χ3n) is 7.01. The molecule has 50 heavy (non-hydrogen) atoms. The third-order valence-corrected chi connectivity index (χ3v) is 7.70. The molecule has 0 aliphatic carbocycles. The molecule has 4 aromatic heterocycles. The van der Waals surface area contributed by atoms with Crippen LogP contribution in [-0.4, -0.2) is 47.2 Å². The van der Waals surface area contributed by atoms with Crippen molar-refractivity contribution in [2.24, 2.45) is 42.3 Å². The number of nitrogen functional groups attached to an aromatic ring is 2. The van der Waals surface area contributed by atoms with Crippen molar-refractivity contribution in [2.75, 3.05) is 11.5 Å². The second-order valence-corrected chi connectivity index (χ2v) is 11.2. The summed E-state index contributed by atoms with van der Waals surface area (Å²) in [6, 6.07) is 7.85. The van der Waals surface area contributed by atoms with Crippen molar-refractivity contribution < 1.29 is 9.85 Å². The molecule has 0 aliphatic rings. The van der Waals surface area contributed by atoms with E-state index in [-0.39, 0.29) is 45.2 Å².